The molecule has 13 heteroatoms. The number of thiazole rings is 1. The maximum atomic E-state index is 13.1. The summed E-state index contributed by atoms with van der Waals surface area (Å²) in [5, 5.41) is 21.5. The lowest BCUT2D eigenvalue weighted by Gasteiger charge is -2.52. The highest BCUT2D eigenvalue weighted by Crippen LogP contribution is 2.40. The third kappa shape index (κ3) is 4.32. The number of oxime groups is 1. The first-order valence-corrected chi connectivity index (χ1v) is 13.2. The van der Waals surface area contributed by atoms with Crippen molar-refractivity contribution in [2.45, 2.75) is 49.7 Å². The van der Waals surface area contributed by atoms with Gasteiger partial charge in [-0.15, -0.1) is 23.1 Å². The zero-order chi connectivity index (χ0) is 25.4. The second-order valence-electron chi connectivity index (χ2n) is 8.65. The quantitative estimate of drug-likeness (QED) is 0.208. The molecule has 0 radical (unpaired) electrons. The minimum atomic E-state index is -1.35. The van der Waals surface area contributed by atoms with Crippen molar-refractivity contribution >= 4 is 51.7 Å². The van der Waals surface area contributed by atoms with Gasteiger partial charge in [-0.1, -0.05) is 5.16 Å². The average Bonchev–Trinajstić information content (AvgIpc) is 3.31. The van der Waals surface area contributed by atoms with E-state index in [9.17, 15) is 19.5 Å². The van der Waals surface area contributed by atoms with Crippen molar-refractivity contribution in [3.05, 3.63) is 51.6 Å². The van der Waals surface area contributed by atoms with Gasteiger partial charge in [0.15, 0.2) is 29.3 Å². The molecule has 3 aliphatic rings. The monoisotopic (exact) mass is 528 g/mol. The summed E-state index contributed by atoms with van der Waals surface area (Å²) in [7, 11) is 1.29. The predicted octanol–water partition coefficient (Wildman–Crippen LogP) is -0.655. The number of β-lactam (4-membered cyclic amide) rings is 1. The number of nitrogens with zero attached hydrogens (tertiary/aromatic N) is 4. The van der Waals surface area contributed by atoms with Gasteiger partial charge in [0.05, 0.1) is 5.97 Å². The van der Waals surface area contributed by atoms with E-state index in [2.05, 4.69) is 26.1 Å². The van der Waals surface area contributed by atoms with Crippen LogP contribution in [-0.2, 0) is 38.6 Å². The molecule has 3 N–H and O–H groups in total. The fourth-order valence-electron chi connectivity index (χ4n) is 4.85. The minimum Gasteiger partial charge on any atom is -0.548 e. The number of nitrogens with two attached hydrogens (primary N) is 1. The van der Waals surface area contributed by atoms with E-state index < -0.39 is 35.2 Å². The van der Waals surface area contributed by atoms with Crippen molar-refractivity contribution in [2.75, 3.05) is 12.8 Å². The van der Waals surface area contributed by atoms with Crippen LogP contribution < -0.4 is 20.7 Å². The molecular weight excluding hydrogens is 504 g/mol. The van der Waals surface area contributed by atoms with E-state index in [0.717, 1.165) is 37.0 Å². The fourth-order valence-corrected chi connectivity index (χ4v) is 6.61. The Labute approximate surface area is 215 Å². The number of pyridine rings is 1. The second-order valence-corrected chi connectivity index (χ2v) is 10.5. The molecule has 1 unspecified atom stereocenters. The van der Waals surface area contributed by atoms with Gasteiger partial charge >= 0.3 is 0 Å². The van der Waals surface area contributed by atoms with E-state index in [1.165, 1.54) is 35.0 Å². The molecule has 5 rings (SSSR count). The molecule has 2 aromatic heterocycles. The van der Waals surface area contributed by atoms with Gasteiger partial charge < -0.3 is 30.7 Å². The van der Waals surface area contributed by atoms with E-state index in [0.29, 0.717) is 12.1 Å². The maximum Gasteiger partial charge on any atom is 0.276 e. The van der Waals surface area contributed by atoms with Crippen LogP contribution in [0.25, 0.3) is 0 Å². The number of amides is 2. The minimum absolute atomic E-state index is 0.129. The summed E-state index contributed by atoms with van der Waals surface area (Å²) in [4.78, 5) is 48.2. The largest absolute Gasteiger partial charge is 0.548 e. The summed E-state index contributed by atoms with van der Waals surface area (Å²) in [6, 6.07) is 1.92. The predicted molar refractivity (Wildman–Crippen MR) is 130 cm³/mol. The number of anilines is 1. The van der Waals surface area contributed by atoms with Crippen LogP contribution in [0.3, 0.4) is 0 Å². The molecule has 2 amide bonds. The molecular formula is C23H24N6O5S2. The number of thioether (sulfide) groups is 1. The molecule has 1 fully saturated rings. The molecule has 0 bridgehead atoms. The van der Waals surface area contributed by atoms with Gasteiger partial charge in [-0.3, -0.25) is 9.59 Å². The molecule has 36 heavy (non-hydrogen) atoms. The van der Waals surface area contributed by atoms with E-state index in [-0.39, 0.29) is 16.5 Å². The lowest BCUT2D eigenvalue weighted by atomic mass is 9.94. The first-order valence-electron chi connectivity index (χ1n) is 11.4. The topological polar surface area (TPSA) is 154 Å². The number of carbonyl (C=O) groups is 3. The number of nitrogens with one attached hydrogen (secondary N) is 1. The van der Waals surface area contributed by atoms with Gasteiger partial charge in [-0.2, -0.15) is 4.57 Å². The lowest BCUT2D eigenvalue weighted by Crippen LogP contribution is -2.75. The van der Waals surface area contributed by atoms with E-state index in [1.54, 1.807) is 10.8 Å². The fraction of sp³-hybridized carbons (Fsp3) is 0.391. The van der Waals surface area contributed by atoms with Crippen molar-refractivity contribution in [3.8, 4) is 0 Å². The number of fused-ring (bicyclic) bond motifs is 2. The Morgan fingerprint density at radius 2 is 2.19 bits per heavy atom. The summed E-state index contributed by atoms with van der Waals surface area (Å²) in [6.07, 6.45) is 6.11. The summed E-state index contributed by atoms with van der Waals surface area (Å²) >= 11 is 2.43. The number of aryl methyl sites for hydroxylation is 1. The summed E-state index contributed by atoms with van der Waals surface area (Å²) in [5.74, 6) is -2.53. The Kier molecular flexibility index (Phi) is 6.67. The molecule has 4 heterocycles. The van der Waals surface area contributed by atoms with Gasteiger partial charge in [0.2, 0.25) is 5.91 Å². The molecule has 0 spiro atoms. The number of hydrogen-bond acceptors (Lipinski definition) is 10. The van der Waals surface area contributed by atoms with Crippen molar-refractivity contribution < 1.29 is 28.9 Å². The van der Waals surface area contributed by atoms with Gasteiger partial charge in [0.1, 0.15) is 30.3 Å². The highest BCUT2D eigenvalue weighted by Gasteiger charge is 2.55. The van der Waals surface area contributed by atoms with Crippen molar-refractivity contribution in [2.24, 2.45) is 5.16 Å². The Hall–Kier alpha value is -3.45. The van der Waals surface area contributed by atoms with Gasteiger partial charge in [0, 0.05) is 29.0 Å². The number of aliphatic carboxylic acids is 1. The molecule has 188 valence electrons. The van der Waals surface area contributed by atoms with Crippen LogP contribution in [0.2, 0.25) is 0 Å². The van der Waals surface area contributed by atoms with Crippen molar-refractivity contribution in [1.29, 1.82) is 0 Å². The van der Waals surface area contributed by atoms with E-state index in [1.807, 2.05) is 12.3 Å². The number of carboxylic acid groups (broad SMARTS) is 1. The van der Waals surface area contributed by atoms with E-state index in [4.69, 9.17) is 10.6 Å². The smallest absolute Gasteiger partial charge is 0.276 e. The molecule has 3 atom stereocenters. The SMILES string of the molecule is CO/N=C(\C(=O)N[C@@H]1C(=O)N2C(C(=O)[O-])C(C[n+]3cccc4c3CCCC4)=CS[C@H]12)c1csc(N)n1. The summed E-state index contributed by atoms with van der Waals surface area (Å²) < 4.78 is 2.06. The molecule has 0 aromatic carbocycles. The molecule has 1 saturated heterocycles. The Bertz CT molecular complexity index is 1290. The first kappa shape index (κ1) is 24.3. The highest BCUT2D eigenvalue weighted by molar-refractivity contribution is 8.02. The standard InChI is InChI=1S/C23H24N6O5S2/c1-34-27-16(14-11-36-23(24)25-14)19(30)26-17-20(31)29-18(22(32)33)13(10-35-21(17)29)9-28-8-4-6-12-5-2-3-7-15(12)28/h4,6,8,10-11,17-18,21H,2-3,5,7,9H2,1H3,(H3-,24,25,26,30,32,33)/b27-16-/t17-,18?,21-/m1/s1. The number of nitrogen functional groups attached to an aromatic ring is 1. The van der Waals surface area contributed by atoms with Crippen LogP contribution in [0.15, 0.2) is 39.8 Å². The van der Waals surface area contributed by atoms with Crippen molar-refractivity contribution in [3.63, 3.8) is 0 Å². The summed E-state index contributed by atoms with van der Waals surface area (Å²) in [6.45, 7) is 0.345. The second kappa shape index (κ2) is 9.90. The Morgan fingerprint density at radius 3 is 2.92 bits per heavy atom. The van der Waals surface area contributed by atoms with Crippen LogP contribution in [0.5, 0.6) is 0 Å². The van der Waals surface area contributed by atoms with Crippen LogP contribution in [0.4, 0.5) is 5.13 Å². The molecule has 1 aliphatic carbocycles. The molecule has 2 aromatic rings. The number of aromatic nitrogens is 2. The highest BCUT2D eigenvalue weighted by atomic mass is 32.2. The van der Waals surface area contributed by atoms with E-state index >= 15 is 0 Å². The average molecular weight is 529 g/mol. The van der Waals surface area contributed by atoms with Crippen LogP contribution in [0.1, 0.15) is 29.8 Å². The normalized spacial score (nSPS) is 23.2. The maximum absolute atomic E-state index is 13.1. The molecule has 0 saturated carbocycles. The van der Waals surface area contributed by atoms with Gasteiger partial charge in [-0.05, 0) is 30.7 Å². The third-order valence-electron chi connectivity index (χ3n) is 6.48. The van der Waals surface area contributed by atoms with Gasteiger partial charge in [-0.25, -0.2) is 4.98 Å². The summed E-state index contributed by atoms with van der Waals surface area (Å²) in [5.41, 5.74) is 8.78. The number of carbonyl (C=O) groups excluding carboxylic acids is 3. The zero-order valence-electron chi connectivity index (χ0n) is 19.4. The molecule has 11 nitrogen and oxygen atoms in total. The first-order chi connectivity index (χ1) is 17.4. The number of carboxylic acids is 1. The van der Waals surface area contributed by atoms with Gasteiger partial charge in [0.25, 0.3) is 5.91 Å². The van der Waals surface area contributed by atoms with Crippen LogP contribution >= 0.6 is 23.1 Å². The number of hydrogen-bond donors (Lipinski definition) is 2. The Morgan fingerprint density at radius 1 is 1.39 bits per heavy atom. The Balaban J connectivity index is 1.35. The van der Waals surface area contributed by atoms with Crippen LogP contribution in [-0.4, -0.2) is 57.9 Å². The number of rotatable bonds is 7. The molecule has 2 aliphatic heterocycles. The lowest BCUT2D eigenvalue weighted by molar-refractivity contribution is -0.697. The van der Waals surface area contributed by atoms with Crippen molar-refractivity contribution in [1.82, 2.24) is 15.2 Å². The third-order valence-corrected chi connectivity index (χ3v) is 8.37. The van der Waals surface area contributed by atoms with Crippen LogP contribution in [0, 0.1) is 0 Å². The zero-order valence-corrected chi connectivity index (χ0v) is 21.0.